The lowest BCUT2D eigenvalue weighted by Crippen LogP contribution is -2.26. The Hall–Kier alpha value is -1.63. The summed E-state index contributed by atoms with van der Waals surface area (Å²) in [5, 5.41) is 0.500. The zero-order chi connectivity index (χ0) is 13.5. The monoisotopic (exact) mass is 279 g/mol. The molecule has 0 atom stereocenters. The third-order valence-corrected chi connectivity index (χ3v) is 2.50. The van der Waals surface area contributed by atoms with E-state index >= 15 is 0 Å². The molecule has 0 saturated carbocycles. The Bertz CT molecular complexity index is 603. The van der Waals surface area contributed by atoms with Gasteiger partial charge in [-0.05, 0) is 18.2 Å². The molecule has 3 nitrogen and oxygen atoms in total. The van der Waals surface area contributed by atoms with E-state index in [1.165, 1.54) is 18.2 Å². The van der Waals surface area contributed by atoms with Crippen molar-refractivity contribution < 1.29 is 17.6 Å². The molecule has 0 spiro atoms. The van der Waals surface area contributed by atoms with Crippen molar-refractivity contribution in [2.45, 2.75) is 12.3 Å². The van der Waals surface area contributed by atoms with E-state index in [1.807, 2.05) is 0 Å². The minimum absolute atomic E-state index is 0.00896. The molecule has 96 valence electrons. The predicted molar refractivity (Wildman–Crippen MR) is 58.9 cm³/mol. The molecule has 0 radical (unpaired) electrons. The molecule has 0 bridgehead atoms. The maximum Gasteiger partial charge on any atom is 0.365 e. The summed E-state index contributed by atoms with van der Waals surface area (Å²) in [6, 6.07) is 4.14. The highest BCUT2D eigenvalue weighted by molar-refractivity contribution is 6.31. The number of aromatic nitrogens is 2. The summed E-state index contributed by atoms with van der Waals surface area (Å²) in [5.74, 6) is -6.07. The quantitative estimate of drug-likeness (QED) is 0.859. The van der Waals surface area contributed by atoms with E-state index < -0.39 is 18.2 Å². The molecule has 0 amide bonds. The SMILES string of the molecule is Nc1nc(C(F)(F)C(F)F)nc2cc(Cl)ccc12. The van der Waals surface area contributed by atoms with E-state index in [1.54, 1.807) is 0 Å². The summed E-state index contributed by atoms with van der Waals surface area (Å²) >= 11 is 5.66. The number of halogens is 5. The van der Waals surface area contributed by atoms with Crippen LogP contribution in [0.5, 0.6) is 0 Å². The number of rotatable bonds is 2. The fraction of sp³-hybridized carbons (Fsp3) is 0.200. The smallest absolute Gasteiger partial charge is 0.365 e. The van der Waals surface area contributed by atoms with Crippen LogP contribution in [-0.4, -0.2) is 16.4 Å². The summed E-state index contributed by atoms with van der Waals surface area (Å²) in [4.78, 5) is 6.60. The van der Waals surface area contributed by atoms with E-state index in [-0.39, 0.29) is 21.7 Å². The van der Waals surface area contributed by atoms with Gasteiger partial charge in [-0.25, -0.2) is 18.7 Å². The highest BCUT2D eigenvalue weighted by Crippen LogP contribution is 2.34. The molecule has 0 fully saturated rings. The largest absolute Gasteiger partial charge is 0.383 e. The van der Waals surface area contributed by atoms with Gasteiger partial charge in [0.25, 0.3) is 0 Å². The lowest BCUT2D eigenvalue weighted by Gasteiger charge is -2.14. The second-order valence-electron chi connectivity index (χ2n) is 3.52. The van der Waals surface area contributed by atoms with E-state index in [0.717, 1.165) is 0 Å². The molecule has 1 heterocycles. The predicted octanol–water partition coefficient (Wildman–Crippen LogP) is 3.22. The first-order chi connectivity index (χ1) is 8.32. The van der Waals surface area contributed by atoms with Crippen molar-refractivity contribution in [1.82, 2.24) is 9.97 Å². The summed E-state index contributed by atoms with van der Waals surface area (Å²) in [7, 11) is 0. The van der Waals surface area contributed by atoms with Crippen molar-refractivity contribution in [3.63, 3.8) is 0 Å². The lowest BCUT2D eigenvalue weighted by atomic mass is 10.2. The third-order valence-electron chi connectivity index (χ3n) is 2.26. The second kappa shape index (κ2) is 4.24. The number of nitrogens with zero attached hydrogens (tertiary/aromatic N) is 2. The Morgan fingerprint density at radius 3 is 2.50 bits per heavy atom. The molecule has 0 unspecified atom stereocenters. The van der Waals surface area contributed by atoms with Gasteiger partial charge in [0.1, 0.15) is 5.82 Å². The van der Waals surface area contributed by atoms with Gasteiger partial charge >= 0.3 is 12.3 Å². The maximum atomic E-state index is 13.1. The van der Waals surface area contributed by atoms with Gasteiger partial charge in [0.2, 0.25) is 5.82 Å². The normalized spacial score (nSPS) is 12.3. The fourth-order valence-electron chi connectivity index (χ4n) is 1.37. The first-order valence-electron chi connectivity index (χ1n) is 4.71. The summed E-state index contributed by atoms with van der Waals surface area (Å²) < 4.78 is 50.7. The average Bonchev–Trinajstić information content (AvgIpc) is 2.27. The van der Waals surface area contributed by atoms with Gasteiger partial charge in [0.05, 0.1) is 5.52 Å². The van der Waals surface area contributed by atoms with Gasteiger partial charge in [-0.1, -0.05) is 11.6 Å². The van der Waals surface area contributed by atoms with Crippen LogP contribution in [0.2, 0.25) is 5.02 Å². The molecule has 2 aromatic rings. The number of nitrogens with two attached hydrogens (primary N) is 1. The molecular weight excluding hydrogens is 274 g/mol. The Labute approximate surface area is 104 Å². The van der Waals surface area contributed by atoms with Crippen LogP contribution >= 0.6 is 11.6 Å². The van der Waals surface area contributed by atoms with Crippen LogP contribution in [0.3, 0.4) is 0 Å². The molecule has 0 aliphatic heterocycles. The average molecular weight is 280 g/mol. The number of nitrogen functional groups attached to an aromatic ring is 1. The van der Waals surface area contributed by atoms with Gasteiger partial charge in [0, 0.05) is 10.4 Å². The van der Waals surface area contributed by atoms with E-state index in [9.17, 15) is 17.6 Å². The Balaban J connectivity index is 2.68. The highest BCUT2D eigenvalue weighted by Gasteiger charge is 2.46. The maximum absolute atomic E-state index is 13.1. The Kier molecular flexibility index (Phi) is 3.02. The molecule has 8 heteroatoms. The van der Waals surface area contributed by atoms with Gasteiger partial charge in [-0.2, -0.15) is 8.78 Å². The number of alkyl halides is 4. The van der Waals surface area contributed by atoms with Crippen LogP contribution in [0.1, 0.15) is 5.82 Å². The van der Waals surface area contributed by atoms with Crippen LogP contribution in [0.15, 0.2) is 18.2 Å². The molecule has 1 aromatic carbocycles. The van der Waals surface area contributed by atoms with E-state index in [4.69, 9.17) is 17.3 Å². The first-order valence-corrected chi connectivity index (χ1v) is 5.09. The standard InChI is InChI=1S/C10H6ClF4N3/c11-4-1-2-5-6(3-4)17-9(18-7(5)16)10(14,15)8(12)13/h1-3,8H,(H2,16,17,18). The van der Waals surface area contributed by atoms with Crippen molar-refractivity contribution in [3.8, 4) is 0 Å². The Morgan fingerprint density at radius 1 is 1.22 bits per heavy atom. The zero-order valence-corrected chi connectivity index (χ0v) is 9.43. The summed E-state index contributed by atoms with van der Waals surface area (Å²) in [6.07, 6.45) is -3.91. The fourth-order valence-corrected chi connectivity index (χ4v) is 1.54. The summed E-state index contributed by atoms with van der Waals surface area (Å²) in [6.45, 7) is 0. The van der Waals surface area contributed by atoms with Crippen molar-refractivity contribution in [1.29, 1.82) is 0 Å². The molecule has 2 N–H and O–H groups in total. The van der Waals surface area contributed by atoms with Crippen LogP contribution in [0.25, 0.3) is 10.9 Å². The molecule has 18 heavy (non-hydrogen) atoms. The first kappa shape index (κ1) is 12.8. The molecule has 0 aliphatic carbocycles. The number of anilines is 1. The lowest BCUT2D eigenvalue weighted by molar-refractivity contribution is -0.140. The van der Waals surface area contributed by atoms with Crippen LogP contribution in [0.4, 0.5) is 23.4 Å². The van der Waals surface area contributed by atoms with Crippen LogP contribution in [0, 0.1) is 0 Å². The van der Waals surface area contributed by atoms with E-state index in [0.29, 0.717) is 0 Å². The van der Waals surface area contributed by atoms with Gasteiger partial charge in [0.15, 0.2) is 0 Å². The van der Waals surface area contributed by atoms with Crippen molar-refractivity contribution in [3.05, 3.63) is 29.0 Å². The third kappa shape index (κ3) is 2.05. The molecule has 1 aromatic heterocycles. The van der Waals surface area contributed by atoms with Crippen LogP contribution in [-0.2, 0) is 5.92 Å². The van der Waals surface area contributed by atoms with Gasteiger partial charge in [-0.15, -0.1) is 0 Å². The van der Waals surface area contributed by atoms with Crippen molar-refractivity contribution >= 4 is 28.3 Å². The number of hydrogen-bond donors (Lipinski definition) is 1. The number of hydrogen-bond acceptors (Lipinski definition) is 3. The van der Waals surface area contributed by atoms with Crippen LogP contribution < -0.4 is 5.73 Å². The highest BCUT2D eigenvalue weighted by atomic mass is 35.5. The minimum atomic E-state index is -4.45. The topological polar surface area (TPSA) is 51.8 Å². The van der Waals surface area contributed by atoms with Crippen molar-refractivity contribution in [2.75, 3.05) is 5.73 Å². The van der Waals surface area contributed by atoms with Gasteiger partial charge < -0.3 is 5.73 Å². The number of benzene rings is 1. The second-order valence-corrected chi connectivity index (χ2v) is 3.95. The minimum Gasteiger partial charge on any atom is -0.383 e. The zero-order valence-electron chi connectivity index (χ0n) is 8.67. The molecule has 2 rings (SSSR count). The molecule has 0 aliphatic rings. The van der Waals surface area contributed by atoms with E-state index in [2.05, 4.69) is 9.97 Å². The van der Waals surface area contributed by atoms with Gasteiger partial charge in [-0.3, -0.25) is 0 Å². The van der Waals surface area contributed by atoms with Crippen molar-refractivity contribution in [2.24, 2.45) is 0 Å². The molecule has 0 saturated heterocycles. The molecular formula is C10H6ClF4N3. The summed E-state index contributed by atoms with van der Waals surface area (Å²) in [5.41, 5.74) is 5.42. The number of fused-ring (bicyclic) bond motifs is 1. The Morgan fingerprint density at radius 2 is 1.89 bits per heavy atom.